The summed E-state index contributed by atoms with van der Waals surface area (Å²) < 4.78 is 13.5. The van der Waals surface area contributed by atoms with Gasteiger partial charge in [-0.3, -0.25) is 0 Å². The number of nitrogens with one attached hydrogen (secondary N) is 1. The maximum atomic E-state index is 13.5. The zero-order valence-corrected chi connectivity index (χ0v) is 9.49. The van der Waals surface area contributed by atoms with Crippen molar-refractivity contribution in [3.8, 4) is 0 Å². The minimum absolute atomic E-state index is 0.0962. The fourth-order valence-corrected chi connectivity index (χ4v) is 2.27. The molecule has 0 amide bonds. The Morgan fingerprint density at radius 1 is 1.44 bits per heavy atom. The van der Waals surface area contributed by atoms with Crippen LogP contribution in [0.2, 0.25) is 0 Å². The molecule has 2 nitrogen and oxygen atoms in total. The number of benzene rings is 1. The Morgan fingerprint density at radius 3 is 2.75 bits per heavy atom. The summed E-state index contributed by atoms with van der Waals surface area (Å²) in [6.45, 7) is 2.11. The maximum absolute atomic E-state index is 13.5. The quantitative estimate of drug-likeness (QED) is 0.818. The average molecular weight is 223 g/mol. The Bertz CT molecular complexity index is 350. The molecule has 1 aromatic carbocycles. The standard InChI is InChI=1S/C13H18FNO/c1-9(8-16)15-11-6-10(7-11)12-4-2-3-5-13(12)14/h2-5,9-11,15-16H,6-8H2,1H3/t9-,10?,11?/m1/s1. The molecule has 0 radical (unpaired) electrons. The molecule has 0 bridgehead atoms. The largest absolute Gasteiger partial charge is 0.395 e. The van der Waals surface area contributed by atoms with Crippen molar-refractivity contribution in [2.75, 3.05) is 6.61 Å². The molecule has 1 aromatic rings. The molecule has 1 fully saturated rings. The van der Waals surface area contributed by atoms with E-state index in [2.05, 4.69) is 5.32 Å². The molecule has 2 N–H and O–H groups in total. The number of rotatable bonds is 4. The zero-order valence-electron chi connectivity index (χ0n) is 9.49. The Kier molecular flexibility index (Phi) is 3.56. The van der Waals surface area contributed by atoms with Crippen LogP contribution < -0.4 is 5.32 Å². The summed E-state index contributed by atoms with van der Waals surface area (Å²) in [5.74, 6) is 0.241. The van der Waals surface area contributed by atoms with Crippen molar-refractivity contribution < 1.29 is 9.50 Å². The lowest BCUT2D eigenvalue weighted by Crippen LogP contribution is -2.45. The summed E-state index contributed by atoms with van der Waals surface area (Å²) in [5.41, 5.74) is 0.831. The molecule has 0 heterocycles. The van der Waals surface area contributed by atoms with Gasteiger partial charge < -0.3 is 10.4 Å². The van der Waals surface area contributed by atoms with E-state index in [1.807, 2.05) is 19.1 Å². The first-order chi connectivity index (χ1) is 7.70. The van der Waals surface area contributed by atoms with Crippen molar-refractivity contribution in [2.45, 2.75) is 37.8 Å². The summed E-state index contributed by atoms with van der Waals surface area (Å²) in [4.78, 5) is 0. The van der Waals surface area contributed by atoms with Gasteiger partial charge in [0.25, 0.3) is 0 Å². The second-order valence-corrected chi connectivity index (χ2v) is 4.64. The fraction of sp³-hybridized carbons (Fsp3) is 0.538. The Hall–Kier alpha value is -0.930. The summed E-state index contributed by atoms with van der Waals surface area (Å²) in [5, 5.41) is 12.2. The zero-order chi connectivity index (χ0) is 11.5. The van der Waals surface area contributed by atoms with Crippen molar-refractivity contribution in [1.82, 2.24) is 5.32 Å². The van der Waals surface area contributed by atoms with Crippen molar-refractivity contribution >= 4 is 0 Å². The third-order valence-corrected chi connectivity index (χ3v) is 3.28. The lowest BCUT2D eigenvalue weighted by molar-refractivity contribution is 0.203. The summed E-state index contributed by atoms with van der Waals surface area (Å²) in [6.07, 6.45) is 1.93. The highest BCUT2D eigenvalue weighted by Crippen LogP contribution is 2.38. The van der Waals surface area contributed by atoms with E-state index in [1.54, 1.807) is 6.07 Å². The van der Waals surface area contributed by atoms with Gasteiger partial charge in [0.15, 0.2) is 0 Å². The highest BCUT2D eigenvalue weighted by Gasteiger charge is 2.32. The monoisotopic (exact) mass is 223 g/mol. The predicted octanol–water partition coefficient (Wildman–Crippen LogP) is 2.04. The van der Waals surface area contributed by atoms with Gasteiger partial charge in [0.2, 0.25) is 0 Å². The van der Waals surface area contributed by atoms with Gasteiger partial charge in [0.05, 0.1) is 6.61 Å². The molecule has 16 heavy (non-hydrogen) atoms. The van der Waals surface area contributed by atoms with Gasteiger partial charge >= 0.3 is 0 Å². The third-order valence-electron chi connectivity index (χ3n) is 3.28. The van der Waals surface area contributed by atoms with E-state index in [0.29, 0.717) is 12.0 Å². The van der Waals surface area contributed by atoms with E-state index in [1.165, 1.54) is 6.07 Å². The Balaban J connectivity index is 1.87. The summed E-state index contributed by atoms with van der Waals surface area (Å²) in [7, 11) is 0. The highest BCUT2D eigenvalue weighted by molar-refractivity contribution is 5.24. The molecule has 1 saturated carbocycles. The molecule has 88 valence electrons. The number of aliphatic hydroxyl groups is 1. The van der Waals surface area contributed by atoms with Crippen molar-refractivity contribution in [2.24, 2.45) is 0 Å². The van der Waals surface area contributed by atoms with E-state index in [4.69, 9.17) is 5.11 Å². The van der Waals surface area contributed by atoms with Crippen LogP contribution in [0.1, 0.15) is 31.2 Å². The molecule has 1 aliphatic rings. The van der Waals surface area contributed by atoms with Crippen molar-refractivity contribution in [3.63, 3.8) is 0 Å². The van der Waals surface area contributed by atoms with Crippen LogP contribution in [0.3, 0.4) is 0 Å². The molecule has 1 atom stereocenters. The smallest absolute Gasteiger partial charge is 0.126 e. The van der Waals surface area contributed by atoms with Crippen molar-refractivity contribution in [1.29, 1.82) is 0 Å². The Labute approximate surface area is 95.5 Å². The van der Waals surface area contributed by atoms with E-state index in [-0.39, 0.29) is 18.5 Å². The first-order valence-corrected chi connectivity index (χ1v) is 5.82. The van der Waals surface area contributed by atoms with Gasteiger partial charge in [0, 0.05) is 12.1 Å². The average Bonchev–Trinajstić information content (AvgIpc) is 2.24. The van der Waals surface area contributed by atoms with Crippen LogP contribution in [0.5, 0.6) is 0 Å². The van der Waals surface area contributed by atoms with Crippen LogP contribution in [0, 0.1) is 5.82 Å². The molecule has 0 aliphatic heterocycles. The Morgan fingerprint density at radius 2 is 2.12 bits per heavy atom. The summed E-state index contributed by atoms with van der Waals surface area (Å²) >= 11 is 0. The first kappa shape index (κ1) is 11.6. The number of hydrogen-bond acceptors (Lipinski definition) is 2. The lowest BCUT2D eigenvalue weighted by atomic mass is 9.75. The van der Waals surface area contributed by atoms with E-state index in [0.717, 1.165) is 18.4 Å². The minimum atomic E-state index is -0.0962. The molecule has 2 rings (SSSR count). The van der Waals surface area contributed by atoms with Crippen molar-refractivity contribution in [3.05, 3.63) is 35.6 Å². The predicted molar refractivity (Wildman–Crippen MR) is 61.8 cm³/mol. The van der Waals surface area contributed by atoms with Crippen LogP contribution in [-0.2, 0) is 0 Å². The van der Waals surface area contributed by atoms with E-state index in [9.17, 15) is 4.39 Å². The molecule has 3 heteroatoms. The normalized spacial score (nSPS) is 26.2. The number of hydrogen-bond donors (Lipinski definition) is 2. The number of halogens is 1. The van der Waals surface area contributed by atoms with E-state index >= 15 is 0 Å². The second kappa shape index (κ2) is 4.93. The molecule has 0 unspecified atom stereocenters. The van der Waals surface area contributed by atoms with Gasteiger partial charge in [0.1, 0.15) is 5.82 Å². The van der Waals surface area contributed by atoms with Gasteiger partial charge in [-0.15, -0.1) is 0 Å². The van der Waals surface area contributed by atoms with E-state index < -0.39 is 0 Å². The summed E-state index contributed by atoms with van der Waals surface area (Å²) in [6, 6.07) is 7.55. The topological polar surface area (TPSA) is 32.3 Å². The fourth-order valence-electron chi connectivity index (χ4n) is 2.27. The lowest BCUT2D eigenvalue weighted by Gasteiger charge is -2.38. The SMILES string of the molecule is C[C@H](CO)NC1CC(c2ccccc2F)C1. The van der Waals surface area contributed by atoms with Crippen LogP contribution in [-0.4, -0.2) is 23.8 Å². The molecular weight excluding hydrogens is 205 g/mol. The molecular formula is C13H18FNO. The maximum Gasteiger partial charge on any atom is 0.126 e. The molecule has 0 aromatic heterocycles. The molecule has 0 spiro atoms. The van der Waals surface area contributed by atoms with Crippen LogP contribution in [0.25, 0.3) is 0 Å². The minimum Gasteiger partial charge on any atom is -0.395 e. The van der Waals surface area contributed by atoms with Crippen LogP contribution in [0.4, 0.5) is 4.39 Å². The highest BCUT2D eigenvalue weighted by atomic mass is 19.1. The van der Waals surface area contributed by atoms with Gasteiger partial charge in [-0.1, -0.05) is 18.2 Å². The third kappa shape index (κ3) is 2.42. The molecule has 0 saturated heterocycles. The van der Waals surface area contributed by atoms with Gasteiger partial charge in [-0.05, 0) is 37.3 Å². The van der Waals surface area contributed by atoms with Gasteiger partial charge in [-0.2, -0.15) is 0 Å². The first-order valence-electron chi connectivity index (χ1n) is 5.82. The number of aliphatic hydroxyl groups excluding tert-OH is 1. The molecule has 1 aliphatic carbocycles. The van der Waals surface area contributed by atoms with Crippen LogP contribution in [0.15, 0.2) is 24.3 Å². The van der Waals surface area contributed by atoms with Gasteiger partial charge in [-0.25, -0.2) is 4.39 Å². The van der Waals surface area contributed by atoms with Crippen LogP contribution >= 0.6 is 0 Å². The second-order valence-electron chi connectivity index (χ2n) is 4.64.